The Balaban J connectivity index is 1.38. The Labute approximate surface area is 197 Å². The molecule has 0 aliphatic carbocycles. The lowest BCUT2D eigenvalue weighted by molar-refractivity contribution is -0.141. The Bertz CT molecular complexity index is 844. The van der Waals surface area contributed by atoms with Crippen molar-refractivity contribution in [3.8, 4) is 17.2 Å². The number of ether oxygens (including phenoxy) is 5. The molecule has 0 bridgehead atoms. The highest BCUT2D eigenvalue weighted by Crippen LogP contribution is 2.24. The van der Waals surface area contributed by atoms with Crippen LogP contribution in [-0.2, 0) is 9.47 Å². The standard InChI is InChI=1S/C27H36O6/c1-4-5-6-7-8-9-18-29-22-14-16-24(17-15-22)32-26(28)21-10-12-23(13-11-21)30-19-25-20-31-27(2,3)33-25/h10-17,25H,4-9,18-20H2,1-3H3. The van der Waals surface area contributed by atoms with E-state index in [2.05, 4.69) is 6.92 Å². The van der Waals surface area contributed by atoms with Crippen molar-refractivity contribution in [3.63, 3.8) is 0 Å². The van der Waals surface area contributed by atoms with Gasteiger partial charge in [-0.1, -0.05) is 39.0 Å². The fourth-order valence-corrected chi connectivity index (χ4v) is 3.56. The second kappa shape index (κ2) is 12.6. The molecule has 0 amide bonds. The molecule has 2 aromatic carbocycles. The topological polar surface area (TPSA) is 63.2 Å². The fourth-order valence-electron chi connectivity index (χ4n) is 3.56. The number of hydrogen-bond donors (Lipinski definition) is 0. The summed E-state index contributed by atoms with van der Waals surface area (Å²) in [6, 6.07) is 14.0. The van der Waals surface area contributed by atoms with E-state index in [1.54, 1.807) is 36.4 Å². The average molecular weight is 457 g/mol. The van der Waals surface area contributed by atoms with E-state index in [1.165, 1.54) is 32.1 Å². The first kappa shape index (κ1) is 25.1. The highest BCUT2D eigenvalue weighted by molar-refractivity contribution is 5.91. The minimum Gasteiger partial charge on any atom is -0.494 e. The van der Waals surface area contributed by atoms with Crippen molar-refractivity contribution in [2.24, 2.45) is 0 Å². The predicted octanol–water partition coefficient (Wildman–Crippen LogP) is 6.18. The molecular weight excluding hydrogens is 420 g/mol. The van der Waals surface area contributed by atoms with Gasteiger partial charge < -0.3 is 23.7 Å². The number of carbonyl (C=O) groups is 1. The summed E-state index contributed by atoms with van der Waals surface area (Å²) in [7, 11) is 0. The van der Waals surface area contributed by atoms with E-state index < -0.39 is 11.8 Å². The van der Waals surface area contributed by atoms with Gasteiger partial charge in [0.1, 0.15) is 30.0 Å². The predicted molar refractivity (Wildman–Crippen MR) is 127 cm³/mol. The van der Waals surface area contributed by atoms with E-state index in [9.17, 15) is 4.79 Å². The molecule has 1 unspecified atom stereocenters. The maximum Gasteiger partial charge on any atom is 0.343 e. The van der Waals surface area contributed by atoms with E-state index in [0.29, 0.717) is 36.9 Å². The average Bonchev–Trinajstić information content (AvgIpc) is 3.17. The van der Waals surface area contributed by atoms with E-state index in [4.69, 9.17) is 23.7 Å². The minimum absolute atomic E-state index is 0.109. The van der Waals surface area contributed by atoms with Gasteiger partial charge in [0.05, 0.1) is 18.8 Å². The van der Waals surface area contributed by atoms with Crippen molar-refractivity contribution in [3.05, 3.63) is 54.1 Å². The first-order valence-electron chi connectivity index (χ1n) is 11.9. The van der Waals surface area contributed by atoms with E-state index in [-0.39, 0.29) is 6.10 Å². The smallest absolute Gasteiger partial charge is 0.343 e. The lowest BCUT2D eigenvalue weighted by Gasteiger charge is -2.17. The first-order chi connectivity index (χ1) is 15.9. The van der Waals surface area contributed by atoms with Crippen LogP contribution < -0.4 is 14.2 Å². The van der Waals surface area contributed by atoms with Crippen LogP contribution in [-0.4, -0.2) is 37.7 Å². The number of unbranched alkanes of at least 4 members (excludes halogenated alkanes) is 5. The summed E-state index contributed by atoms with van der Waals surface area (Å²) < 4.78 is 28.2. The molecule has 1 aliphatic rings. The molecule has 6 heteroatoms. The van der Waals surface area contributed by atoms with E-state index in [1.807, 2.05) is 26.0 Å². The van der Waals surface area contributed by atoms with E-state index in [0.717, 1.165) is 12.2 Å². The van der Waals surface area contributed by atoms with Gasteiger partial charge >= 0.3 is 5.97 Å². The molecule has 1 fully saturated rings. The third kappa shape index (κ3) is 8.71. The van der Waals surface area contributed by atoms with Crippen LogP contribution in [0.5, 0.6) is 17.2 Å². The summed E-state index contributed by atoms with van der Waals surface area (Å²) in [4.78, 5) is 12.4. The molecule has 0 spiro atoms. The minimum atomic E-state index is -0.570. The lowest BCUT2D eigenvalue weighted by atomic mass is 10.1. The lowest BCUT2D eigenvalue weighted by Crippen LogP contribution is -2.25. The molecule has 0 aromatic heterocycles. The first-order valence-corrected chi connectivity index (χ1v) is 11.9. The summed E-state index contributed by atoms with van der Waals surface area (Å²) >= 11 is 0. The molecule has 3 rings (SSSR count). The summed E-state index contributed by atoms with van der Waals surface area (Å²) in [5, 5.41) is 0. The van der Waals surface area contributed by atoms with Crippen LogP contribution in [0.2, 0.25) is 0 Å². The zero-order valence-corrected chi connectivity index (χ0v) is 20.0. The quantitative estimate of drug-likeness (QED) is 0.204. The molecule has 1 atom stereocenters. The molecule has 1 aliphatic heterocycles. The van der Waals surface area contributed by atoms with Crippen molar-refractivity contribution in [2.75, 3.05) is 19.8 Å². The fraction of sp³-hybridized carbons (Fsp3) is 0.519. The molecule has 0 N–H and O–H groups in total. The molecule has 180 valence electrons. The summed E-state index contributed by atoms with van der Waals surface area (Å²) in [5.74, 6) is 0.932. The van der Waals surface area contributed by atoms with Gasteiger partial charge in [-0.05, 0) is 68.8 Å². The zero-order valence-electron chi connectivity index (χ0n) is 20.0. The molecule has 1 saturated heterocycles. The Morgan fingerprint density at radius 1 is 0.879 bits per heavy atom. The Hall–Kier alpha value is -2.57. The van der Waals surface area contributed by atoms with Crippen molar-refractivity contribution in [1.29, 1.82) is 0 Å². The van der Waals surface area contributed by atoms with Crippen LogP contribution >= 0.6 is 0 Å². The molecule has 0 saturated carbocycles. The SMILES string of the molecule is CCCCCCCCOc1ccc(OC(=O)c2ccc(OCC3COC(C)(C)O3)cc2)cc1. The third-order valence-corrected chi connectivity index (χ3v) is 5.39. The van der Waals surface area contributed by atoms with Crippen LogP contribution in [0.15, 0.2) is 48.5 Å². The van der Waals surface area contributed by atoms with Crippen molar-refractivity contribution in [1.82, 2.24) is 0 Å². The van der Waals surface area contributed by atoms with Crippen LogP contribution in [0.1, 0.15) is 69.7 Å². The molecule has 2 aromatic rings. The van der Waals surface area contributed by atoms with Crippen LogP contribution in [0.3, 0.4) is 0 Å². The summed E-state index contributed by atoms with van der Waals surface area (Å²) in [6.07, 6.45) is 7.28. The normalized spacial score (nSPS) is 17.0. The second-order valence-electron chi connectivity index (χ2n) is 8.76. The zero-order chi connectivity index (χ0) is 23.5. The van der Waals surface area contributed by atoms with Gasteiger partial charge in [0.15, 0.2) is 5.79 Å². The van der Waals surface area contributed by atoms with Crippen molar-refractivity contribution >= 4 is 5.97 Å². The number of rotatable bonds is 13. The van der Waals surface area contributed by atoms with Gasteiger partial charge in [-0.25, -0.2) is 4.79 Å². The van der Waals surface area contributed by atoms with Crippen LogP contribution in [0, 0.1) is 0 Å². The van der Waals surface area contributed by atoms with Gasteiger partial charge in [0.25, 0.3) is 0 Å². The summed E-state index contributed by atoms with van der Waals surface area (Å²) in [6.45, 7) is 7.58. The molecular formula is C27H36O6. The largest absolute Gasteiger partial charge is 0.494 e. The number of benzene rings is 2. The Kier molecular flexibility index (Phi) is 9.58. The molecule has 1 heterocycles. The van der Waals surface area contributed by atoms with Gasteiger partial charge in [0.2, 0.25) is 0 Å². The van der Waals surface area contributed by atoms with E-state index >= 15 is 0 Å². The van der Waals surface area contributed by atoms with Crippen molar-refractivity contribution < 1.29 is 28.5 Å². The highest BCUT2D eigenvalue weighted by atomic mass is 16.7. The third-order valence-electron chi connectivity index (χ3n) is 5.39. The van der Waals surface area contributed by atoms with Crippen molar-refractivity contribution in [2.45, 2.75) is 71.2 Å². The monoisotopic (exact) mass is 456 g/mol. The number of carbonyl (C=O) groups excluding carboxylic acids is 1. The summed E-state index contributed by atoms with van der Waals surface area (Å²) in [5.41, 5.74) is 0.451. The van der Waals surface area contributed by atoms with Gasteiger partial charge in [-0.3, -0.25) is 0 Å². The van der Waals surface area contributed by atoms with Crippen LogP contribution in [0.25, 0.3) is 0 Å². The maximum absolute atomic E-state index is 12.4. The Morgan fingerprint density at radius 3 is 2.15 bits per heavy atom. The van der Waals surface area contributed by atoms with Gasteiger partial charge in [-0.15, -0.1) is 0 Å². The highest BCUT2D eigenvalue weighted by Gasteiger charge is 2.32. The van der Waals surface area contributed by atoms with Gasteiger partial charge in [0, 0.05) is 0 Å². The molecule has 0 radical (unpaired) electrons. The van der Waals surface area contributed by atoms with Crippen LogP contribution in [0.4, 0.5) is 0 Å². The maximum atomic E-state index is 12.4. The molecule has 33 heavy (non-hydrogen) atoms. The number of esters is 1. The second-order valence-corrected chi connectivity index (χ2v) is 8.76. The Morgan fingerprint density at radius 2 is 1.48 bits per heavy atom. The molecule has 6 nitrogen and oxygen atoms in total. The van der Waals surface area contributed by atoms with Gasteiger partial charge in [-0.2, -0.15) is 0 Å². The number of hydrogen-bond acceptors (Lipinski definition) is 6.